The van der Waals surface area contributed by atoms with Gasteiger partial charge in [-0.2, -0.15) is 0 Å². The second-order valence-corrected chi connectivity index (χ2v) is 7.30. The van der Waals surface area contributed by atoms with Gasteiger partial charge < -0.3 is 5.11 Å². The first-order valence-electron chi connectivity index (χ1n) is 5.20. The van der Waals surface area contributed by atoms with E-state index in [9.17, 15) is 13.2 Å². The highest BCUT2D eigenvalue weighted by Crippen LogP contribution is 2.67. The lowest BCUT2D eigenvalue weighted by atomic mass is 10.0. The molecule has 0 saturated heterocycles. The van der Waals surface area contributed by atoms with Gasteiger partial charge in [0.15, 0.2) is 5.75 Å². The van der Waals surface area contributed by atoms with Gasteiger partial charge in [0.1, 0.15) is 0 Å². The maximum atomic E-state index is 11.3. The quantitative estimate of drug-likeness (QED) is 0.750. The van der Waals surface area contributed by atoms with E-state index in [0.29, 0.717) is 6.54 Å². The van der Waals surface area contributed by atoms with Gasteiger partial charge in [-0.1, -0.05) is 27.7 Å². The van der Waals surface area contributed by atoms with Crippen molar-refractivity contribution in [3.8, 4) is 0 Å². The minimum absolute atomic E-state index is 0.0960. The number of nitrogens with one attached hydrogen (secondary N) is 1. The summed E-state index contributed by atoms with van der Waals surface area (Å²) in [5, 5.41) is 8.42. The summed E-state index contributed by atoms with van der Waals surface area (Å²) in [6, 6.07) is 0. The van der Waals surface area contributed by atoms with Crippen molar-refractivity contribution in [3.63, 3.8) is 0 Å². The predicted molar refractivity (Wildman–Crippen MR) is 60.5 cm³/mol. The van der Waals surface area contributed by atoms with Crippen molar-refractivity contribution in [2.24, 2.45) is 16.7 Å². The maximum Gasteiger partial charge on any atom is 0.320 e. The van der Waals surface area contributed by atoms with Crippen LogP contribution < -0.4 is 4.72 Å². The van der Waals surface area contributed by atoms with Crippen LogP contribution >= 0.6 is 0 Å². The predicted octanol–water partition coefficient (Wildman–Crippen LogP) is 0.673. The first-order valence-corrected chi connectivity index (χ1v) is 6.85. The SMILES string of the molecule is CC1(C)C(CNS(=O)(=O)CC(=O)O)C1(C)C. The first kappa shape index (κ1) is 13.4. The van der Waals surface area contributed by atoms with Crippen LogP contribution in [-0.2, 0) is 14.8 Å². The third kappa shape index (κ3) is 2.38. The van der Waals surface area contributed by atoms with Crippen molar-refractivity contribution in [1.29, 1.82) is 0 Å². The molecule has 0 atom stereocenters. The van der Waals surface area contributed by atoms with Crippen LogP contribution in [-0.4, -0.2) is 31.8 Å². The number of aliphatic carboxylic acids is 1. The summed E-state index contributed by atoms with van der Waals surface area (Å²) in [5.74, 6) is -1.94. The fourth-order valence-electron chi connectivity index (χ4n) is 2.27. The molecule has 0 unspecified atom stereocenters. The van der Waals surface area contributed by atoms with E-state index in [4.69, 9.17) is 5.11 Å². The molecule has 0 aromatic heterocycles. The Kier molecular flexibility index (Phi) is 3.11. The zero-order valence-electron chi connectivity index (χ0n) is 10.1. The van der Waals surface area contributed by atoms with E-state index in [-0.39, 0.29) is 16.7 Å². The van der Waals surface area contributed by atoms with Crippen LogP contribution in [0.4, 0.5) is 0 Å². The Bertz CT molecular complexity index is 383. The first-order chi connectivity index (χ1) is 7.01. The normalized spacial score (nSPS) is 23.0. The Hall–Kier alpha value is -0.620. The Morgan fingerprint density at radius 1 is 1.25 bits per heavy atom. The molecule has 1 rings (SSSR count). The zero-order valence-corrected chi connectivity index (χ0v) is 10.9. The molecule has 0 amide bonds. The summed E-state index contributed by atoms with van der Waals surface area (Å²) in [6.45, 7) is 8.66. The van der Waals surface area contributed by atoms with Gasteiger partial charge >= 0.3 is 5.97 Å². The van der Waals surface area contributed by atoms with E-state index >= 15 is 0 Å². The minimum atomic E-state index is -3.69. The highest BCUT2D eigenvalue weighted by molar-refractivity contribution is 7.90. The summed E-state index contributed by atoms with van der Waals surface area (Å²) in [6.07, 6.45) is 0. The Morgan fingerprint density at radius 3 is 2.00 bits per heavy atom. The lowest BCUT2D eigenvalue weighted by Crippen LogP contribution is -2.32. The highest BCUT2D eigenvalue weighted by Gasteiger charge is 2.64. The van der Waals surface area contributed by atoms with Gasteiger partial charge in [-0.05, 0) is 16.7 Å². The Morgan fingerprint density at radius 2 is 1.69 bits per heavy atom. The van der Waals surface area contributed by atoms with Crippen LogP contribution in [0, 0.1) is 16.7 Å². The number of carboxylic acids is 1. The van der Waals surface area contributed by atoms with Crippen molar-refractivity contribution in [2.45, 2.75) is 27.7 Å². The highest BCUT2D eigenvalue weighted by atomic mass is 32.2. The molecule has 2 N–H and O–H groups in total. The third-order valence-electron chi connectivity index (χ3n) is 4.14. The van der Waals surface area contributed by atoms with Crippen LogP contribution in [0.3, 0.4) is 0 Å². The second kappa shape index (κ2) is 3.70. The molecule has 1 aliphatic carbocycles. The maximum absolute atomic E-state index is 11.3. The largest absolute Gasteiger partial charge is 0.480 e. The van der Waals surface area contributed by atoms with Crippen molar-refractivity contribution < 1.29 is 18.3 Å². The standard InChI is InChI=1S/C10H19NO4S/c1-9(2)7(10(9,3)4)5-11-16(14,15)6-8(12)13/h7,11H,5-6H2,1-4H3,(H,12,13). The lowest BCUT2D eigenvalue weighted by molar-refractivity contribution is -0.134. The summed E-state index contributed by atoms with van der Waals surface area (Å²) in [5.41, 5.74) is 0.192. The molecule has 1 aliphatic rings. The molecule has 0 spiro atoms. The number of hydrogen-bond acceptors (Lipinski definition) is 3. The van der Waals surface area contributed by atoms with Gasteiger partial charge in [0, 0.05) is 6.54 Å². The summed E-state index contributed by atoms with van der Waals surface area (Å²) < 4.78 is 25.0. The van der Waals surface area contributed by atoms with E-state index in [0.717, 1.165) is 0 Å². The molecule has 0 radical (unpaired) electrons. The van der Waals surface area contributed by atoms with E-state index < -0.39 is 21.7 Å². The molecule has 0 aromatic carbocycles. The van der Waals surface area contributed by atoms with E-state index in [1.54, 1.807) is 0 Å². The number of rotatable bonds is 5. The van der Waals surface area contributed by atoms with Gasteiger partial charge in [-0.3, -0.25) is 4.79 Å². The molecule has 1 fully saturated rings. The third-order valence-corrected chi connectivity index (χ3v) is 5.37. The molecule has 94 valence electrons. The number of sulfonamides is 1. The minimum Gasteiger partial charge on any atom is -0.480 e. The Balaban J connectivity index is 2.52. The van der Waals surface area contributed by atoms with Gasteiger partial charge in [-0.15, -0.1) is 0 Å². The van der Waals surface area contributed by atoms with Crippen LogP contribution in [0.1, 0.15) is 27.7 Å². The number of carbonyl (C=O) groups is 1. The van der Waals surface area contributed by atoms with Gasteiger partial charge in [0.2, 0.25) is 10.0 Å². The molecule has 6 heteroatoms. The lowest BCUT2D eigenvalue weighted by Gasteiger charge is -2.05. The van der Waals surface area contributed by atoms with Gasteiger partial charge in [-0.25, -0.2) is 13.1 Å². The monoisotopic (exact) mass is 249 g/mol. The van der Waals surface area contributed by atoms with Gasteiger partial charge in [0.05, 0.1) is 0 Å². The van der Waals surface area contributed by atoms with Crippen LogP contribution in [0.5, 0.6) is 0 Å². The summed E-state index contributed by atoms with van der Waals surface area (Å²) in [7, 11) is -3.69. The molecule has 1 saturated carbocycles. The molecular weight excluding hydrogens is 230 g/mol. The van der Waals surface area contributed by atoms with Crippen LogP contribution in [0.15, 0.2) is 0 Å². The topological polar surface area (TPSA) is 83.5 Å². The number of hydrogen-bond donors (Lipinski definition) is 2. The molecule has 0 heterocycles. The molecule has 0 aliphatic heterocycles. The van der Waals surface area contributed by atoms with Crippen LogP contribution in [0.25, 0.3) is 0 Å². The average Bonchev–Trinajstić information content (AvgIpc) is 2.37. The molecule has 0 aromatic rings. The average molecular weight is 249 g/mol. The van der Waals surface area contributed by atoms with Crippen molar-refractivity contribution in [2.75, 3.05) is 12.3 Å². The van der Waals surface area contributed by atoms with Crippen LogP contribution in [0.2, 0.25) is 0 Å². The smallest absolute Gasteiger partial charge is 0.320 e. The summed E-state index contributed by atoms with van der Waals surface area (Å²) >= 11 is 0. The molecular formula is C10H19NO4S. The van der Waals surface area contributed by atoms with E-state index in [1.807, 2.05) is 0 Å². The molecule has 0 bridgehead atoms. The van der Waals surface area contributed by atoms with E-state index in [1.165, 1.54) is 0 Å². The molecule has 5 nitrogen and oxygen atoms in total. The molecule has 16 heavy (non-hydrogen) atoms. The second-order valence-electron chi connectivity index (χ2n) is 5.50. The number of carboxylic acid groups (broad SMARTS) is 1. The van der Waals surface area contributed by atoms with E-state index in [2.05, 4.69) is 32.4 Å². The van der Waals surface area contributed by atoms with Crippen molar-refractivity contribution in [3.05, 3.63) is 0 Å². The van der Waals surface area contributed by atoms with Crippen molar-refractivity contribution >= 4 is 16.0 Å². The van der Waals surface area contributed by atoms with Gasteiger partial charge in [0.25, 0.3) is 0 Å². The summed E-state index contributed by atoms with van der Waals surface area (Å²) in [4.78, 5) is 10.3. The Labute approximate surface area is 96.3 Å². The fraction of sp³-hybridized carbons (Fsp3) is 0.900. The fourth-order valence-corrected chi connectivity index (χ4v) is 3.12. The zero-order chi connectivity index (χ0) is 12.8. The van der Waals surface area contributed by atoms with Crippen molar-refractivity contribution in [1.82, 2.24) is 4.72 Å².